The molecule has 0 fully saturated rings. The van der Waals surface area contributed by atoms with E-state index in [1.807, 2.05) is 41.8 Å². The molecular formula is C20H22N2O2. The Morgan fingerprint density at radius 3 is 2.46 bits per heavy atom. The topological polar surface area (TPSA) is 55.1 Å². The molecule has 0 aliphatic heterocycles. The molecule has 2 aromatic carbocycles. The lowest BCUT2D eigenvalue weighted by Crippen LogP contribution is -2.18. The van der Waals surface area contributed by atoms with Crippen LogP contribution in [0, 0.1) is 13.8 Å². The lowest BCUT2D eigenvalue weighted by atomic mass is 10.1. The van der Waals surface area contributed by atoms with Gasteiger partial charge in [0, 0.05) is 6.42 Å². The smallest absolute Gasteiger partial charge is 0.326 e. The monoisotopic (exact) mass is 322 g/mol. The van der Waals surface area contributed by atoms with Crippen LogP contribution in [-0.2, 0) is 17.6 Å². The van der Waals surface area contributed by atoms with E-state index in [9.17, 15) is 9.90 Å². The Kier molecular flexibility index (Phi) is 4.38. The normalized spacial score (nSPS) is 12.5. The average Bonchev–Trinajstić information content (AvgIpc) is 2.90. The number of aromatic nitrogens is 2. The molecular weight excluding hydrogens is 300 g/mol. The van der Waals surface area contributed by atoms with E-state index in [0.717, 1.165) is 28.8 Å². The summed E-state index contributed by atoms with van der Waals surface area (Å²) in [4.78, 5) is 16.3. The van der Waals surface area contributed by atoms with Gasteiger partial charge in [-0.2, -0.15) is 0 Å². The zero-order chi connectivity index (χ0) is 17.3. The molecule has 0 aliphatic carbocycles. The largest absolute Gasteiger partial charge is 0.480 e. The third kappa shape index (κ3) is 3.04. The number of carbonyl (C=O) groups is 1. The molecule has 4 heteroatoms. The molecule has 0 aliphatic rings. The van der Waals surface area contributed by atoms with Gasteiger partial charge in [-0.25, -0.2) is 9.78 Å². The van der Waals surface area contributed by atoms with Gasteiger partial charge in [-0.1, -0.05) is 30.3 Å². The highest BCUT2D eigenvalue weighted by Crippen LogP contribution is 2.25. The van der Waals surface area contributed by atoms with E-state index in [2.05, 4.69) is 19.1 Å². The first-order valence-corrected chi connectivity index (χ1v) is 8.22. The average molecular weight is 322 g/mol. The number of fused-ring (bicyclic) bond motifs is 1. The molecule has 124 valence electrons. The summed E-state index contributed by atoms with van der Waals surface area (Å²) in [5.74, 6) is -0.0118. The van der Waals surface area contributed by atoms with Crippen molar-refractivity contribution >= 4 is 17.0 Å². The fourth-order valence-corrected chi connectivity index (χ4v) is 3.02. The van der Waals surface area contributed by atoms with Crippen LogP contribution in [0.15, 0.2) is 42.5 Å². The summed E-state index contributed by atoms with van der Waals surface area (Å²) in [7, 11) is 0. The van der Waals surface area contributed by atoms with Crippen LogP contribution in [0.2, 0.25) is 0 Å². The van der Waals surface area contributed by atoms with Gasteiger partial charge in [-0.05, 0) is 56.0 Å². The summed E-state index contributed by atoms with van der Waals surface area (Å²) < 4.78 is 1.87. The molecule has 1 atom stereocenters. The Balaban J connectivity index is 2.05. The van der Waals surface area contributed by atoms with Crippen molar-refractivity contribution in [3.05, 3.63) is 65.0 Å². The lowest BCUT2D eigenvalue weighted by molar-refractivity contribution is -0.140. The summed E-state index contributed by atoms with van der Waals surface area (Å²) in [6, 6.07) is 13.7. The first kappa shape index (κ1) is 16.2. The van der Waals surface area contributed by atoms with Gasteiger partial charge in [0.1, 0.15) is 11.9 Å². The fraction of sp³-hybridized carbons (Fsp3) is 0.300. The zero-order valence-electron chi connectivity index (χ0n) is 14.3. The third-order valence-corrected chi connectivity index (χ3v) is 4.60. The fourth-order valence-electron chi connectivity index (χ4n) is 3.02. The van der Waals surface area contributed by atoms with Crippen LogP contribution in [0.25, 0.3) is 11.0 Å². The van der Waals surface area contributed by atoms with E-state index in [4.69, 9.17) is 4.98 Å². The van der Waals surface area contributed by atoms with E-state index >= 15 is 0 Å². The molecule has 0 radical (unpaired) electrons. The highest BCUT2D eigenvalue weighted by Gasteiger charge is 2.21. The predicted octanol–water partition coefficient (Wildman–Crippen LogP) is 4.08. The first-order valence-electron chi connectivity index (χ1n) is 8.22. The van der Waals surface area contributed by atoms with Crippen molar-refractivity contribution in [2.24, 2.45) is 0 Å². The Hall–Kier alpha value is -2.62. The molecule has 3 aromatic rings. The molecule has 1 aromatic heterocycles. The molecule has 1 unspecified atom stereocenters. The number of imidazole rings is 1. The van der Waals surface area contributed by atoms with Gasteiger partial charge in [0.15, 0.2) is 0 Å². The van der Waals surface area contributed by atoms with E-state index in [0.29, 0.717) is 6.42 Å². The zero-order valence-corrected chi connectivity index (χ0v) is 14.3. The van der Waals surface area contributed by atoms with Crippen LogP contribution in [0.4, 0.5) is 0 Å². The molecule has 1 heterocycles. The van der Waals surface area contributed by atoms with E-state index < -0.39 is 12.0 Å². The highest BCUT2D eigenvalue weighted by molar-refractivity contribution is 5.81. The van der Waals surface area contributed by atoms with Crippen LogP contribution in [0.3, 0.4) is 0 Å². The maximum absolute atomic E-state index is 11.6. The Morgan fingerprint density at radius 1 is 1.12 bits per heavy atom. The Labute approximate surface area is 141 Å². The van der Waals surface area contributed by atoms with E-state index in [1.54, 1.807) is 6.92 Å². The van der Waals surface area contributed by atoms with Gasteiger partial charge in [0.25, 0.3) is 0 Å². The number of aryl methyl sites for hydroxylation is 4. The van der Waals surface area contributed by atoms with Crippen LogP contribution in [-0.4, -0.2) is 20.6 Å². The number of hydrogen-bond donors (Lipinski definition) is 1. The minimum absolute atomic E-state index is 0.636. The van der Waals surface area contributed by atoms with Crippen molar-refractivity contribution in [2.45, 2.75) is 39.7 Å². The van der Waals surface area contributed by atoms with Gasteiger partial charge >= 0.3 is 5.97 Å². The SMILES string of the molecule is Cc1cc2nc(CCc3ccccc3)n(C(C)C(=O)O)c2cc1C. The second-order valence-corrected chi connectivity index (χ2v) is 6.32. The molecule has 4 nitrogen and oxygen atoms in total. The van der Waals surface area contributed by atoms with Crippen LogP contribution >= 0.6 is 0 Å². The molecule has 0 saturated heterocycles. The summed E-state index contributed by atoms with van der Waals surface area (Å²) in [5.41, 5.74) is 5.32. The quantitative estimate of drug-likeness (QED) is 0.770. The summed E-state index contributed by atoms with van der Waals surface area (Å²) in [6.45, 7) is 5.81. The minimum atomic E-state index is -0.839. The van der Waals surface area contributed by atoms with Gasteiger partial charge in [-0.3, -0.25) is 0 Å². The first-order chi connectivity index (χ1) is 11.5. The molecule has 24 heavy (non-hydrogen) atoms. The lowest BCUT2D eigenvalue weighted by Gasteiger charge is -2.14. The number of rotatable bonds is 5. The second kappa shape index (κ2) is 6.48. The highest BCUT2D eigenvalue weighted by atomic mass is 16.4. The number of carboxylic acids is 1. The maximum Gasteiger partial charge on any atom is 0.326 e. The third-order valence-electron chi connectivity index (χ3n) is 4.60. The van der Waals surface area contributed by atoms with Crippen molar-refractivity contribution in [2.75, 3.05) is 0 Å². The summed E-state index contributed by atoms with van der Waals surface area (Å²) >= 11 is 0. The number of carboxylic acid groups (broad SMARTS) is 1. The van der Waals surface area contributed by atoms with Crippen molar-refractivity contribution < 1.29 is 9.90 Å². The molecule has 1 N–H and O–H groups in total. The standard InChI is InChI=1S/C20H22N2O2/c1-13-11-17-18(12-14(13)2)22(15(3)20(23)24)19(21-17)10-9-16-7-5-4-6-8-16/h4-8,11-12,15H,9-10H2,1-3H3,(H,23,24). The van der Waals surface area contributed by atoms with Gasteiger partial charge in [-0.15, -0.1) is 0 Å². The number of nitrogens with zero attached hydrogens (tertiary/aromatic N) is 2. The summed E-state index contributed by atoms with van der Waals surface area (Å²) in [6.07, 6.45) is 1.56. The number of benzene rings is 2. The van der Waals surface area contributed by atoms with Crippen molar-refractivity contribution in [1.82, 2.24) is 9.55 Å². The molecule has 0 bridgehead atoms. The van der Waals surface area contributed by atoms with Crippen LogP contribution in [0.1, 0.15) is 35.5 Å². The maximum atomic E-state index is 11.6. The van der Waals surface area contributed by atoms with E-state index in [1.165, 1.54) is 11.1 Å². The second-order valence-electron chi connectivity index (χ2n) is 6.32. The van der Waals surface area contributed by atoms with Crippen molar-refractivity contribution in [3.8, 4) is 0 Å². The van der Waals surface area contributed by atoms with E-state index in [-0.39, 0.29) is 0 Å². The Morgan fingerprint density at radius 2 is 1.79 bits per heavy atom. The van der Waals surface area contributed by atoms with Crippen LogP contribution in [0.5, 0.6) is 0 Å². The minimum Gasteiger partial charge on any atom is -0.480 e. The molecule has 0 spiro atoms. The van der Waals surface area contributed by atoms with Gasteiger partial charge in [0.05, 0.1) is 11.0 Å². The summed E-state index contributed by atoms with van der Waals surface area (Å²) in [5, 5.41) is 9.50. The Bertz CT molecular complexity index is 882. The predicted molar refractivity (Wildman–Crippen MR) is 95.4 cm³/mol. The van der Waals surface area contributed by atoms with Gasteiger partial charge < -0.3 is 9.67 Å². The number of aliphatic carboxylic acids is 1. The van der Waals surface area contributed by atoms with Crippen molar-refractivity contribution in [1.29, 1.82) is 0 Å². The van der Waals surface area contributed by atoms with Crippen LogP contribution < -0.4 is 0 Å². The van der Waals surface area contributed by atoms with Crippen molar-refractivity contribution in [3.63, 3.8) is 0 Å². The molecule has 3 rings (SSSR count). The number of hydrogen-bond acceptors (Lipinski definition) is 2. The molecule has 0 amide bonds. The molecule has 0 saturated carbocycles. The van der Waals surface area contributed by atoms with Gasteiger partial charge in [0.2, 0.25) is 0 Å².